The van der Waals surface area contributed by atoms with E-state index in [1.807, 2.05) is 67.0 Å². The summed E-state index contributed by atoms with van der Waals surface area (Å²) in [7, 11) is 0. The summed E-state index contributed by atoms with van der Waals surface area (Å²) in [5, 5.41) is 2.75. The molecule has 232 valence electrons. The van der Waals surface area contributed by atoms with Gasteiger partial charge in [-0.25, -0.2) is 4.79 Å². The fraction of sp³-hybridized carbons (Fsp3) is 0.515. The third-order valence-corrected chi connectivity index (χ3v) is 8.97. The molecule has 0 fully saturated rings. The number of fused-ring (bicyclic) bond motifs is 10. The van der Waals surface area contributed by atoms with Crippen LogP contribution in [-0.2, 0) is 37.2 Å². The van der Waals surface area contributed by atoms with Gasteiger partial charge in [-0.05, 0) is 56.2 Å². The lowest BCUT2D eigenvalue weighted by atomic mass is 9.97. The third kappa shape index (κ3) is 11.2. The number of benzene rings is 1. The van der Waals surface area contributed by atoms with Gasteiger partial charge < -0.3 is 19.5 Å². The lowest BCUT2D eigenvalue weighted by Crippen LogP contribution is -2.49. The highest BCUT2D eigenvalue weighted by Gasteiger charge is 2.34. The van der Waals surface area contributed by atoms with Gasteiger partial charge in [-0.1, -0.05) is 36.8 Å². The molecule has 4 rings (SSSR count). The highest BCUT2D eigenvalue weighted by molar-refractivity contribution is 7.98. The van der Waals surface area contributed by atoms with Gasteiger partial charge in [-0.15, -0.1) is 12.3 Å². The largest absolute Gasteiger partial charge is 0.489 e. The van der Waals surface area contributed by atoms with E-state index in [1.54, 1.807) is 20.1 Å². The third-order valence-electron chi connectivity index (χ3n) is 6.82. The van der Waals surface area contributed by atoms with E-state index >= 15 is 0 Å². The molecule has 2 atom stereocenters. The Morgan fingerprint density at radius 2 is 1.91 bits per heavy atom. The molecule has 2 aliphatic heterocycles. The Morgan fingerprint density at radius 1 is 1.16 bits per heavy atom. The molecule has 0 saturated heterocycles. The van der Waals surface area contributed by atoms with Crippen LogP contribution in [0.15, 0.2) is 41.5 Å². The second-order valence-electron chi connectivity index (χ2n) is 10.4. The van der Waals surface area contributed by atoms with Crippen molar-refractivity contribution < 1.29 is 23.8 Å². The van der Waals surface area contributed by atoms with Crippen LogP contribution in [0.4, 0.5) is 0 Å². The smallest absolute Gasteiger partial charge is 0.328 e. The van der Waals surface area contributed by atoms with Crippen molar-refractivity contribution in [1.82, 2.24) is 10.3 Å². The summed E-state index contributed by atoms with van der Waals surface area (Å²) in [5.41, 5.74) is 2.15. The number of nitrogens with one attached hydrogen (secondary N) is 1. The molecule has 0 unspecified atom stereocenters. The van der Waals surface area contributed by atoms with Crippen molar-refractivity contribution in [2.24, 2.45) is 4.99 Å². The molecule has 0 saturated carbocycles. The van der Waals surface area contributed by atoms with Crippen molar-refractivity contribution in [2.75, 3.05) is 31.3 Å². The SMILES string of the molecule is C#CC[C@@](C)(N=Cc1c2cnc(c1OCCOCC)CSCCCCCSC2)C(=O)N[C@@H](C)C(=O)OCc1ccccc1. The molecule has 1 aromatic carbocycles. The van der Waals surface area contributed by atoms with Gasteiger partial charge in [0.1, 0.15) is 24.8 Å². The normalized spacial score (nSPS) is 16.1. The number of pyridine rings is 1. The predicted molar refractivity (Wildman–Crippen MR) is 176 cm³/mol. The molecule has 0 radical (unpaired) electrons. The molecule has 2 aliphatic rings. The number of esters is 1. The second kappa shape index (κ2) is 18.6. The summed E-state index contributed by atoms with van der Waals surface area (Å²) in [4.78, 5) is 35.7. The lowest BCUT2D eigenvalue weighted by Gasteiger charge is -2.24. The quantitative estimate of drug-likeness (QED) is 0.133. The summed E-state index contributed by atoms with van der Waals surface area (Å²) in [6.45, 7) is 6.75. The number of rotatable bonds is 13. The van der Waals surface area contributed by atoms with Crippen molar-refractivity contribution in [3.8, 4) is 18.1 Å². The van der Waals surface area contributed by atoms with Gasteiger partial charge in [0.15, 0.2) is 5.75 Å². The Kier molecular flexibility index (Phi) is 14.9. The minimum Gasteiger partial charge on any atom is -0.489 e. The highest BCUT2D eigenvalue weighted by atomic mass is 32.2. The average Bonchev–Trinajstić information content (AvgIpc) is 3.04. The predicted octanol–water partition coefficient (Wildman–Crippen LogP) is 5.60. The van der Waals surface area contributed by atoms with Crippen molar-refractivity contribution in [3.63, 3.8) is 0 Å². The molecular weight excluding hydrogens is 583 g/mol. The van der Waals surface area contributed by atoms with Crippen molar-refractivity contribution >= 4 is 41.6 Å². The Hall–Kier alpha value is -3.00. The second-order valence-corrected chi connectivity index (χ2v) is 12.6. The van der Waals surface area contributed by atoms with Crippen LogP contribution in [0.1, 0.15) is 68.8 Å². The Bertz CT molecular complexity index is 1250. The Labute approximate surface area is 264 Å². The van der Waals surface area contributed by atoms with E-state index in [4.69, 9.17) is 30.6 Å². The molecule has 8 nitrogen and oxygen atoms in total. The zero-order valence-corrected chi connectivity index (χ0v) is 27.1. The van der Waals surface area contributed by atoms with Gasteiger partial charge >= 0.3 is 5.97 Å². The number of carbonyl (C=O) groups is 2. The molecule has 3 heterocycles. The van der Waals surface area contributed by atoms with Gasteiger partial charge in [0.25, 0.3) is 0 Å². The van der Waals surface area contributed by atoms with Crippen LogP contribution in [0.3, 0.4) is 0 Å². The molecule has 1 aromatic heterocycles. The van der Waals surface area contributed by atoms with Crippen molar-refractivity contribution in [2.45, 2.75) is 76.1 Å². The number of aromatic nitrogens is 1. The van der Waals surface area contributed by atoms with Crippen LogP contribution >= 0.6 is 23.5 Å². The maximum absolute atomic E-state index is 13.5. The molecule has 10 heteroatoms. The van der Waals surface area contributed by atoms with E-state index in [1.165, 1.54) is 19.3 Å². The number of nitrogens with zero attached hydrogens (tertiary/aromatic N) is 2. The maximum atomic E-state index is 13.5. The van der Waals surface area contributed by atoms with Crippen LogP contribution in [0.2, 0.25) is 0 Å². The molecule has 43 heavy (non-hydrogen) atoms. The number of hydrogen-bond acceptors (Lipinski definition) is 9. The topological polar surface area (TPSA) is 99.1 Å². The number of aliphatic imine (C=N–C) groups is 1. The fourth-order valence-corrected chi connectivity index (χ4v) is 6.20. The van der Waals surface area contributed by atoms with E-state index in [0.29, 0.717) is 31.3 Å². The standard InChI is InChI=1S/C33H43N3O5S2/c1-5-15-33(4,32(38)36-25(3)31(37)41-22-26-13-9-7-10-14-26)35-21-28-27-20-34-29(30(28)40-17-16-39-6-2)24-43-19-12-8-11-18-42-23-27/h1,7,9-10,13-14,20-21,25H,6,8,11-12,15-19,22-24H2,2-4H3,(H,36,38)/t25-,33+/m0/s1. The first-order valence-corrected chi connectivity index (χ1v) is 17.1. The first-order chi connectivity index (χ1) is 20.9. The maximum Gasteiger partial charge on any atom is 0.328 e. The van der Waals surface area contributed by atoms with Gasteiger partial charge in [0.2, 0.25) is 5.91 Å². The number of ether oxygens (including phenoxy) is 3. The van der Waals surface area contributed by atoms with Crippen LogP contribution in [0.25, 0.3) is 0 Å². The number of terminal acetylenes is 1. The Morgan fingerprint density at radius 3 is 2.63 bits per heavy atom. The lowest BCUT2D eigenvalue weighted by molar-refractivity contribution is -0.149. The minimum absolute atomic E-state index is 0.0412. The monoisotopic (exact) mass is 625 g/mol. The zero-order chi connectivity index (χ0) is 30.9. The van der Waals surface area contributed by atoms with E-state index in [9.17, 15) is 9.59 Å². The summed E-state index contributed by atoms with van der Waals surface area (Å²) >= 11 is 3.69. The molecule has 1 amide bonds. The minimum atomic E-state index is -1.32. The van der Waals surface area contributed by atoms with Crippen LogP contribution in [0.5, 0.6) is 5.75 Å². The number of hydrogen-bond donors (Lipinski definition) is 1. The van der Waals surface area contributed by atoms with E-state index < -0.39 is 23.5 Å². The van der Waals surface area contributed by atoms with Gasteiger partial charge in [0, 0.05) is 42.5 Å². The molecule has 1 N–H and O–H groups in total. The first kappa shape index (κ1) is 34.5. The van der Waals surface area contributed by atoms with Crippen LogP contribution < -0.4 is 10.1 Å². The van der Waals surface area contributed by atoms with E-state index in [2.05, 4.69) is 11.2 Å². The van der Waals surface area contributed by atoms with Gasteiger partial charge in [-0.2, -0.15) is 23.5 Å². The number of carbonyl (C=O) groups excluding carboxylic acids is 2. The zero-order valence-electron chi connectivity index (χ0n) is 25.4. The molecule has 0 spiro atoms. The number of thioether (sulfide) groups is 2. The van der Waals surface area contributed by atoms with E-state index in [0.717, 1.165) is 39.6 Å². The van der Waals surface area contributed by atoms with Gasteiger partial charge in [-0.3, -0.25) is 14.8 Å². The molecule has 2 aromatic rings. The number of amides is 1. The van der Waals surface area contributed by atoms with Crippen LogP contribution in [-0.4, -0.2) is 66.0 Å². The molecular formula is C33H43N3O5S2. The van der Waals surface area contributed by atoms with Crippen LogP contribution in [0, 0.1) is 12.3 Å². The summed E-state index contributed by atoms with van der Waals surface area (Å²) in [6.07, 6.45) is 12.9. The fourth-order valence-electron chi connectivity index (χ4n) is 4.24. The van der Waals surface area contributed by atoms with Crippen molar-refractivity contribution in [1.29, 1.82) is 0 Å². The summed E-state index contributed by atoms with van der Waals surface area (Å²) < 4.78 is 17.2. The summed E-state index contributed by atoms with van der Waals surface area (Å²) in [5.74, 6) is 5.81. The molecule has 2 bridgehead atoms. The highest BCUT2D eigenvalue weighted by Crippen LogP contribution is 2.31. The first-order valence-electron chi connectivity index (χ1n) is 14.7. The van der Waals surface area contributed by atoms with Gasteiger partial charge in [0.05, 0.1) is 12.3 Å². The average molecular weight is 626 g/mol. The summed E-state index contributed by atoms with van der Waals surface area (Å²) in [6, 6.07) is 8.49. The van der Waals surface area contributed by atoms with Crippen molar-refractivity contribution in [3.05, 3.63) is 58.9 Å². The Balaban J connectivity index is 1.85. The molecule has 0 aliphatic carbocycles. The van der Waals surface area contributed by atoms with E-state index in [-0.39, 0.29) is 13.0 Å².